The highest BCUT2D eigenvalue weighted by molar-refractivity contribution is 7.99. The Morgan fingerprint density at radius 2 is 1.94 bits per heavy atom. The van der Waals surface area contributed by atoms with Crippen LogP contribution in [0.4, 0.5) is 8.78 Å². The first kappa shape index (κ1) is 26.7. The lowest BCUT2D eigenvalue weighted by Crippen LogP contribution is -2.65. The van der Waals surface area contributed by atoms with E-state index in [0.29, 0.717) is 25.8 Å². The Hall–Kier alpha value is -0.520. The number of nitrogens with one attached hydrogen (secondary N) is 2. The third-order valence-corrected chi connectivity index (χ3v) is 7.13. The van der Waals surface area contributed by atoms with Crippen LogP contribution in [-0.4, -0.2) is 81.9 Å². The number of halogens is 2. The van der Waals surface area contributed by atoms with Crippen molar-refractivity contribution in [2.45, 2.75) is 101 Å². The van der Waals surface area contributed by atoms with E-state index in [4.69, 9.17) is 4.74 Å². The molecule has 3 unspecified atom stereocenters. The van der Waals surface area contributed by atoms with Crippen LogP contribution in [0, 0.1) is 11.8 Å². The number of hydrogen-bond acceptors (Lipinski definition) is 7. The summed E-state index contributed by atoms with van der Waals surface area (Å²) in [4.78, 5) is 13.0. The number of hydrogen-bond donors (Lipinski definition) is 5. The Morgan fingerprint density at radius 3 is 2.52 bits per heavy atom. The van der Waals surface area contributed by atoms with Gasteiger partial charge in [0.25, 0.3) is 0 Å². The van der Waals surface area contributed by atoms with Crippen LogP contribution < -0.4 is 10.6 Å². The SMILES string of the molecule is CS[C@@H]1O[C@@H](C(NC(=O)C2CC(CCCC(C)(F)F)CCN2)C(C)C)[C@@H](O)[C@@H](O)[C@@H]1O. The maximum atomic E-state index is 13.1. The van der Waals surface area contributed by atoms with Gasteiger partial charge in [-0.1, -0.05) is 20.3 Å². The van der Waals surface area contributed by atoms with Crippen molar-refractivity contribution in [3.8, 4) is 0 Å². The Kier molecular flexibility index (Phi) is 9.97. The molecule has 182 valence electrons. The van der Waals surface area contributed by atoms with Crippen molar-refractivity contribution < 1.29 is 33.6 Å². The molecule has 10 heteroatoms. The topological polar surface area (TPSA) is 111 Å². The normalized spacial score (nSPS) is 35.7. The van der Waals surface area contributed by atoms with Gasteiger partial charge in [-0.25, -0.2) is 8.78 Å². The molecule has 0 bridgehead atoms. The fraction of sp³-hybridized carbons (Fsp3) is 0.952. The zero-order valence-electron chi connectivity index (χ0n) is 18.8. The minimum Gasteiger partial charge on any atom is -0.388 e. The van der Waals surface area contributed by atoms with E-state index in [0.717, 1.165) is 13.3 Å². The molecule has 8 atom stereocenters. The average molecular weight is 469 g/mol. The first-order valence-electron chi connectivity index (χ1n) is 11.1. The summed E-state index contributed by atoms with van der Waals surface area (Å²) in [6.45, 7) is 5.33. The van der Waals surface area contributed by atoms with Gasteiger partial charge in [-0.3, -0.25) is 4.79 Å². The molecule has 5 N–H and O–H groups in total. The van der Waals surface area contributed by atoms with Gasteiger partial charge >= 0.3 is 0 Å². The van der Waals surface area contributed by atoms with E-state index in [1.165, 1.54) is 11.8 Å². The summed E-state index contributed by atoms with van der Waals surface area (Å²) in [6, 6.07) is -1.02. The van der Waals surface area contributed by atoms with Crippen molar-refractivity contribution in [3.63, 3.8) is 0 Å². The summed E-state index contributed by atoms with van der Waals surface area (Å²) in [5.74, 6) is -2.80. The summed E-state index contributed by atoms with van der Waals surface area (Å²) >= 11 is 1.23. The van der Waals surface area contributed by atoms with E-state index < -0.39 is 47.9 Å². The second kappa shape index (κ2) is 11.6. The summed E-state index contributed by atoms with van der Waals surface area (Å²) in [5, 5.41) is 37.0. The van der Waals surface area contributed by atoms with Crippen LogP contribution in [0.15, 0.2) is 0 Å². The molecule has 2 fully saturated rings. The van der Waals surface area contributed by atoms with Crippen molar-refractivity contribution in [3.05, 3.63) is 0 Å². The third-order valence-electron chi connectivity index (χ3n) is 6.28. The lowest BCUT2D eigenvalue weighted by Gasteiger charge is -2.44. The van der Waals surface area contributed by atoms with Crippen LogP contribution in [0.2, 0.25) is 0 Å². The van der Waals surface area contributed by atoms with Crippen LogP contribution in [0.5, 0.6) is 0 Å². The summed E-state index contributed by atoms with van der Waals surface area (Å²) < 4.78 is 32.0. The molecule has 2 rings (SSSR count). The molecule has 0 aromatic rings. The Labute approximate surface area is 187 Å². The molecule has 7 nitrogen and oxygen atoms in total. The standard InChI is InChI=1S/C21H38F2N2O5S/c1-11(2)14(18-16(27)15(26)17(28)20(30-18)31-4)25-19(29)13-10-12(7-9-24-13)6-5-8-21(3,22)23/h11-18,20,24,26-28H,5-10H2,1-4H3,(H,25,29)/t12?,13?,14?,15-,16+,17+,18+,20+/m1/s1. The zero-order valence-corrected chi connectivity index (χ0v) is 19.6. The number of carbonyl (C=O) groups excluding carboxylic acids is 1. The van der Waals surface area contributed by atoms with Crippen molar-refractivity contribution in [1.82, 2.24) is 10.6 Å². The number of alkyl halides is 2. The van der Waals surface area contributed by atoms with Crippen LogP contribution in [-0.2, 0) is 9.53 Å². The predicted molar refractivity (Wildman–Crippen MR) is 116 cm³/mol. The van der Waals surface area contributed by atoms with Crippen LogP contribution in [0.1, 0.15) is 52.9 Å². The van der Waals surface area contributed by atoms with Gasteiger partial charge < -0.3 is 30.7 Å². The van der Waals surface area contributed by atoms with Crippen LogP contribution in [0.25, 0.3) is 0 Å². The lowest BCUT2D eigenvalue weighted by atomic mass is 9.86. The quantitative estimate of drug-likeness (QED) is 0.349. The average Bonchev–Trinajstić information content (AvgIpc) is 2.70. The second-order valence-electron chi connectivity index (χ2n) is 9.31. The number of aliphatic hydroxyl groups is 3. The first-order valence-corrected chi connectivity index (χ1v) is 12.4. The molecule has 0 saturated carbocycles. The molecule has 0 aromatic carbocycles. The molecule has 2 saturated heterocycles. The molecule has 1 amide bonds. The Balaban J connectivity index is 1.98. The molecule has 0 aliphatic carbocycles. The van der Waals surface area contributed by atoms with E-state index >= 15 is 0 Å². The minimum absolute atomic E-state index is 0.0975. The number of thioether (sulfide) groups is 1. The van der Waals surface area contributed by atoms with E-state index in [1.807, 2.05) is 13.8 Å². The first-order chi connectivity index (χ1) is 14.4. The van der Waals surface area contributed by atoms with Gasteiger partial charge in [0.2, 0.25) is 11.8 Å². The van der Waals surface area contributed by atoms with Crippen LogP contribution >= 0.6 is 11.8 Å². The number of rotatable bonds is 9. The number of aliphatic hydroxyl groups excluding tert-OH is 3. The highest BCUT2D eigenvalue weighted by Gasteiger charge is 2.47. The van der Waals surface area contributed by atoms with Gasteiger partial charge in [-0.05, 0) is 50.8 Å². The lowest BCUT2D eigenvalue weighted by molar-refractivity contribution is -0.208. The zero-order chi connectivity index (χ0) is 23.3. The summed E-state index contributed by atoms with van der Waals surface area (Å²) in [5.41, 5.74) is -0.713. The number of carbonyl (C=O) groups is 1. The molecule has 2 aliphatic rings. The number of ether oxygens (including phenoxy) is 1. The monoisotopic (exact) mass is 468 g/mol. The van der Waals surface area contributed by atoms with E-state index in [9.17, 15) is 28.9 Å². The van der Waals surface area contributed by atoms with E-state index in [2.05, 4.69) is 10.6 Å². The number of amides is 1. The molecular formula is C21H38F2N2O5S. The molecule has 2 aliphatic heterocycles. The van der Waals surface area contributed by atoms with Crippen molar-refractivity contribution in [2.24, 2.45) is 11.8 Å². The molecule has 31 heavy (non-hydrogen) atoms. The van der Waals surface area contributed by atoms with E-state index in [1.54, 1.807) is 6.26 Å². The van der Waals surface area contributed by atoms with E-state index in [-0.39, 0.29) is 24.2 Å². The fourth-order valence-corrected chi connectivity index (χ4v) is 5.10. The summed E-state index contributed by atoms with van der Waals surface area (Å²) in [6.07, 6.45) is -0.721. The Bertz CT molecular complexity index is 578. The van der Waals surface area contributed by atoms with Crippen LogP contribution in [0.3, 0.4) is 0 Å². The molecule has 0 radical (unpaired) electrons. The molecule has 0 spiro atoms. The van der Waals surface area contributed by atoms with Crippen molar-refractivity contribution >= 4 is 17.7 Å². The van der Waals surface area contributed by atoms with Gasteiger partial charge in [0.05, 0.1) is 12.1 Å². The molecular weight excluding hydrogens is 430 g/mol. The minimum atomic E-state index is -2.66. The largest absolute Gasteiger partial charge is 0.388 e. The predicted octanol–water partition coefficient (Wildman–Crippen LogP) is 1.49. The number of piperidine rings is 1. The fourth-order valence-electron chi connectivity index (χ4n) is 4.42. The third kappa shape index (κ3) is 7.50. The highest BCUT2D eigenvalue weighted by Crippen LogP contribution is 2.31. The van der Waals surface area contributed by atoms with Gasteiger partial charge in [0.1, 0.15) is 29.9 Å². The van der Waals surface area contributed by atoms with Gasteiger partial charge in [-0.2, -0.15) is 0 Å². The maximum absolute atomic E-state index is 13.1. The highest BCUT2D eigenvalue weighted by atomic mass is 32.2. The summed E-state index contributed by atoms with van der Waals surface area (Å²) in [7, 11) is 0. The second-order valence-corrected chi connectivity index (χ2v) is 10.3. The van der Waals surface area contributed by atoms with Crippen molar-refractivity contribution in [2.75, 3.05) is 12.8 Å². The molecule has 2 heterocycles. The Morgan fingerprint density at radius 1 is 1.26 bits per heavy atom. The molecule has 0 aromatic heterocycles. The maximum Gasteiger partial charge on any atom is 0.245 e. The van der Waals surface area contributed by atoms with Gasteiger partial charge in [0, 0.05) is 6.42 Å². The smallest absolute Gasteiger partial charge is 0.245 e. The van der Waals surface area contributed by atoms with Gasteiger partial charge in [0.15, 0.2) is 0 Å². The van der Waals surface area contributed by atoms with Crippen molar-refractivity contribution in [1.29, 1.82) is 0 Å². The van der Waals surface area contributed by atoms with Gasteiger partial charge in [-0.15, -0.1) is 11.8 Å².